The monoisotopic (exact) mass is 483 g/mol. The molecule has 2 heterocycles. The highest BCUT2D eigenvalue weighted by Crippen LogP contribution is 2.39. The van der Waals surface area contributed by atoms with Crippen LogP contribution in [0.5, 0.6) is 5.75 Å². The Hall–Kier alpha value is -4.92. The van der Waals surface area contributed by atoms with Gasteiger partial charge in [0.05, 0.1) is 33.0 Å². The Labute approximate surface area is 204 Å². The van der Waals surface area contributed by atoms with E-state index in [-0.39, 0.29) is 28.1 Å². The number of benzene rings is 3. The number of aromatic nitrogens is 2. The van der Waals surface area contributed by atoms with Gasteiger partial charge in [-0.2, -0.15) is 0 Å². The van der Waals surface area contributed by atoms with Gasteiger partial charge in [-0.25, -0.2) is 9.48 Å². The molecule has 1 atom stereocenters. The van der Waals surface area contributed by atoms with Crippen molar-refractivity contribution in [2.24, 2.45) is 7.05 Å². The molecule has 1 N–H and O–H groups in total. The second kappa shape index (κ2) is 8.70. The molecule has 0 spiro atoms. The van der Waals surface area contributed by atoms with Crippen molar-refractivity contribution in [1.29, 1.82) is 0 Å². The maximum atomic E-state index is 13.9. The van der Waals surface area contributed by atoms with E-state index in [4.69, 9.17) is 4.42 Å². The molecule has 0 amide bonds. The van der Waals surface area contributed by atoms with E-state index in [1.165, 1.54) is 22.9 Å². The summed E-state index contributed by atoms with van der Waals surface area (Å²) in [7, 11) is 1.71. The Kier molecular flexibility index (Phi) is 5.52. The summed E-state index contributed by atoms with van der Waals surface area (Å²) in [5.41, 5.74) is 0.167. The topological polar surface area (TPSA) is 121 Å². The van der Waals surface area contributed by atoms with Gasteiger partial charge in [0.2, 0.25) is 0 Å². The zero-order valence-corrected chi connectivity index (χ0v) is 19.4. The lowest BCUT2D eigenvalue weighted by Gasteiger charge is -2.18. The molecule has 0 fully saturated rings. The number of hydrogen-bond acceptors (Lipinski definition) is 6. The molecule has 1 unspecified atom stereocenters. The fourth-order valence-corrected chi connectivity index (χ4v) is 4.62. The van der Waals surface area contributed by atoms with Gasteiger partial charge in [-0.1, -0.05) is 42.5 Å². The second-order valence-electron chi connectivity index (χ2n) is 8.41. The molecule has 180 valence electrons. The third kappa shape index (κ3) is 3.58. The van der Waals surface area contributed by atoms with Crippen LogP contribution >= 0.6 is 0 Å². The first-order chi connectivity index (χ1) is 17.3. The summed E-state index contributed by atoms with van der Waals surface area (Å²) in [5, 5.41) is 23.1. The number of aromatic hydroxyl groups is 1. The molecule has 36 heavy (non-hydrogen) atoms. The minimum Gasteiger partial charge on any atom is -0.507 e. The van der Waals surface area contributed by atoms with Gasteiger partial charge in [0.25, 0.3) is 11.2 Å². The van der Waals surface area contributed by atoms with Gasteiger partial charge >= 0.3 is 5.63 Å². The van der Waals surface area contributed by atoms with E-state index in [1.807, 2.05) is 6.07 Å². The smallest absolute Gasteiger partial charge is 0.344 e. The van der Waals surface area contributed by atoms with E-state index < -0.39 is 22.0 Å². The zero-order valence-electron chi connectivity index (χ0n) is 19.4. The molecule has 9 heteroatoms. The number of nitrogens with zero attached hydrogens (tertiary/aromatic N) is 3. The van der Waals surface area contributed by atoms with E-state index in [1.54, 1.807) is 73.3 Å². The first-order valence-electron chi connectivity index (χ1n) is 11.1. The molecule has 0 bridgehead atoms. The standard InChI is InChI=1S/C27H21N3O6/c1-16-22(26(32)29(28(16)2)18-10-4-3-5-11-18)23(17-9-8-12-19(15-17)30(34)35)24-25(31)20-13-6-7-14-21(20)36-27(24)33/h3-15,23,31H,1-2H3. The van der Waals surface area contributed by atoms with Crippen molar-refractivity contribution in [2.45, 2.75) is 12.8 Å². The Morgan fingerprint density at radius 3 is 2.36 bits per heavy atom. The van der Waals surface area contributed by atoms with E-state index >= 15 is 0 Å². The van der Waals surface area contributed by atoms with Crippen LogP contribution in [0.15, 0.2) is 92.9 Å². The number of rotatable bonds is 5. The van der Waals surface area contributed by atoms with Crippen molar-refractivity contribution in [3.8, 4) is 11.4 Å². The number of non-ortho nitro benzene ring substituents is 1. The SMILES string of the molecule is Cc1c(C(c2cccc([N+](=O)[O-])c2)c2c(O)c3ccccc3oc2=O)c(=O)n(-c2ccccc2)n1C. The molecule has 2 aromatic heterocycles. The van der Waals surface area contributed by atoms with Crippen LogP contribution in [0, 0.1) is 17.0 Å². The van der Waals surface area contributed by atoms with Crippen molar-refractivity contribution in [1.82, 2.24) is 9.36 Å². The van der Waals surface area contributed by atoms with Gasteiger partial charge in [-0.15, -0.1) is 0 Å². The van der Waals surface area contributed by atoms with Crippen LogP contribution < -0.4 is 11.2 Å². The minimum atomic E-state index is -1.13. The van der Waals surface area contributed by atoms with Crippen LogP contribution in [0.1, 0.15) is 28.3 Å². The summed E-state index contributed by atoms with van der Waals surface area (Å²) in [6.45, 7) is 1.72. The maximum absolute atomic E-state index is 13.9. The lowest BCUT2D eigenvalue weighted by atomic mass is 9.84. The Morgan fingerprint density at radius 1 is 0.944 bits per heavy atom. The predicted octanol–water partition coefficient (Wildman–Crippen LogP) is 4.38. The Balaban J connectivity index is 1.88. The van der Waals surface area contributed by atoms with E-state index in [9.17, 15) is 24.8 Å². The lowest BCUT2D eigenvalue weighted by molar-refractivity contribution is -0.384. The fourth-order valence-electron chi connectivity index (χ4n) is 4.62. The molecule has 0 aliphatic heterocycles. The Morgan fingerprint density at radius 2 is 1.64 bits per heavy atom. The summed E-state index contributed by atoms with van der Waals surface area (Å²) in [4.78, 5) is 38.2. The molecule has 0 aliphatic rings. The number of nitro groups is 1. The van der Waals surface area contributed by atoms with E-state index in [2.05, 4.69) is 0 Å². The third-order valence-corrected chi connectivity index (χ3v) is 6.41. The van der Waals surface area contributed by atoms with Crippen LogP contribution in [-0.2, 0) is 7.05 Å². The van der Waals surface area contributed by atoms with E-state index in [0.29, 0.717) is 22.3 Å². The van der Waals surface area contributed by atoms with Crippen LogP contribution in [0.4, 0.5) is 5.69 Å². The molecular formula is C27H21N3O6. The zero-order chi connectivity index (χ0) is 25.6. The second-order valence-corrected chi connectivity index (χ2v) is 8.41. The first-order valence-corrected chi connectivity index (χ1v) is 11.1. The van der Waals surface area contributed by atoms with Gasteiger partial charge in [0.1, 0.15) is 11.3 Å². The quantitative estimate of drug-likeness (QED) is 0.225. The van der Waals surface area contributed by atoms with Crippen molar-refractivity contribution < 1.29 is 14.4 Å². The van der Waals surface area contributed by atoms with Gasteiger partial charge in [0, 0.05) is 24.9 Å². The largest absolute Gasteiger partial charge is 0.507 e. The van der Waals surface area contributed by atoms with Crippen molar-refractivity contribution in [3.63, 3.8) is 0 Å². The summed E-state index contributed by atoms with van der Waals surface area (Å²) in [6.07, 6.45) is 0. The molecule has 0 aliphatic carbocycles. The summed E-state index contributed by atoms with van der Waals surface area (Å²) < 4.78 is 8.61. The fraction of sp³-hybridized carbons (Fsp3) is 0.111. The molecule has 5 rings (SSSR count). The third-order valence-electron chi connectivity index (χ3n) is 6.41. The molecule has 0 radical (unpaired) electrons. The van der Waals surface area contributed by atoms with Crippen molar-refractivity contribution in [2.75, 3.05) is 0 Å². The number of fused-ring (bicyclic) bond motifs is 1. The Bertz CT molecular complexity index is 1750. The van der Waals surface area contributed by atoms with Crippen molar-refractivity contribution in [3.05, 3.63) is 132 Å². The van der Waals surface area contributed by atoms with Crippen LogP contribution in [0.25, 0.3) is 16.7 Å². The van der Waals surface area contributed by atoms with Gasteiger partial charge in [0.15, 0.2) is 0 Å². The summed E-state index contributed by atoms with van der Waals surface area (Å²) in [5.74, 6) is -1.47. The normalized spacial score (nSPS) is 12.1. The van der Waals surface area contributed by atoms with Gasteiger partial charge < -0.3 is 9.52 Å². The number of hydrogen-bond donors (Lipinski definition) is 1. The summed E-state index contributed by atoms with van der Waals surface area (Å²) in [6, 6.07) is 21.2. The van der Waals surface area contributed by atoms with Crippen LogP contribution in [-0.4, -0.2) is 19.4 Å². The highest BCUT2D eigenvalue weighted by atomic mass is 16.6. The van der Waals surface area contributed by atoms with Gasteiger partial charge in [-0.3, -0.25) is 19.6 Å². The summed E-state index contributed by atoms with van der Waals surface area (Å²) >= 11 is 0. The van der Waals surface area contributed by atoms with Crippen LogP contribution in [0.2, 0.25) is 0 Å². The lowest BCUT2D eigenvalue weighted by Crippen LogP contribution is -2.24. The van der Waals surface area contributed by atoms with Gasteiger partial charge in [-0.05, 0) is 36.8 Å². The average Bonchev–Trinajstić information content (AvgIpc) is 3.10. The molecule has 5 aromatic rings. The molecule has 3 aromatic carbocycles. The molecule has 0 saturated carbocycles. The molecular weight excluding hydrogens is 462 g/mol. The predicted molar refractivity (Wildman–Crippen MR) is 134 cm³/mol. The minimum absolute atomic E-state index is 0.166. The highest BCUT2D eigenvalue weighted by molar-refractivity contribution is 5.84. The maximum Gasteiger partial charge on any atom is 0.344 e. The average molecular weight is 483 g/mol. The van der Waals surface area contributed by atoms with Crippen molar-refractivity contribution >= 4 is 16.7 Å². The van der Waals surface area contributed by atoms with Crippen LogP contribution in [0.3, 0.4) is 0 Å². The molecule has 9 nitrogen and oxygen atoms in total. The van der Waals surface area contributed by atoms with E-state index in [0.717, 1.165) is 0 Å². The highest BCUT2D eigenvalue weighted by Gasteiger charge is 2.33. The molecule has 0 saturated heterocycles. The number of para-hydroxylation sites is 2. The first kappa shape index (κ1) is 22.9. The number of nitro benzene ring substituents is 1.